The third kappa shape index (κ3) is 3.41. The summed E-state index contributed by atoms with van der Waals surface area (Å²) in [5.41, 5.74) is 1.12. The Hall–Kier alpha value is -1.55. The summed E-state index contributed by atoms with van der Waals surface area (Å²) >= 11 is 0. The molecule has 4 heteroatoms. The molecule has 0 aliphatic heterocycles. The predicted molar refractivity (Wildman–Crippen MR) is 99.8 cm³/mol. The smallest absolute Gasteiger partial charge is 0.238 e. The number of amides is 1. The van der Waals surface area contributed by atoms with E-state index in [-0.39, 0.29) is 11.4 Å². The van der Waals surface area contributed by atoms with Gasteiger partial charge in [0.2, 0.25) is 5.91 Å². The van der Waals surface area contributed by atoms with Crippen LogP contribution in [-0.2, 0) is 4.79 Å². The van der Waals surface area contributed by atoms with Crippen LogP contribution in [0, 0.1) is 17.8 Å². The second-order valence-electron chi connectivity index (χ2n) is 8.50. The van der Waals surface area contributed by atoms with Gasteiger partial charge in [0.25, 0.3) is 0 Å². The Morgan fingerprint density at radius 1 is 1.12 bits per heavy atom. The maximum Gasteiger partial charge on any atom is 0.238 e. The maximum atomic E-state index is 12.5. The number of nitrogens with zero attached hydrogens (tertiary/aromatic N) is 1. The van der Waals surface area contributed by atoms with Crippen molar-refractivity contribution in [3.8, 4) is 5.75 Å². The third-order valence-corrected chi connectivity index (χ3v) is 6.65. The van der Waals surface area contributed by atoms with Gasteiger partial charge < -0.3 is 10.1 Å². The lowest BCUT2D eigenvalue weighted by atomic mass is 9.52. The summed E-state index contributed by atoms with van der Waals surface area (Å²) < 4.78 is 5.45. The van der Waals surface area contributed by atoms with Gasteiger partial charge >= 0.3 is 0 Å². The second-order valence-corrected chi connectivity index (χ2v) is 8.50. The van der Waals surface area contributed by atoms with Gasteiger partial charge in [0.1, 0.15) is 5.75 Å². The number of rotatable bonds is 6. The number of nitrogens with one attached hydrogen (secondary N) is 1. The first-order valence-electron chi connectivity index (χ1n) is 9.80. The SMILES string of the molecule is CCOc1ccc(NC(=O)CN(C)C23CC4CC(CC(C4)C2)C3)cc1. The van der Waals surface area contributed by atoms with Crippen LogP contribution in [0.1, 0.15) is 45.4 Å². The van der Waals surface area contributed by atoms with Gasteiger partial charge in [-0.3, -0.25) is 9.69 Å². The fraction of sp³-hybridized carbons (Fsp3) is 0.667. The molecular weight excluding hydrogens is 312 g/mol. The summed E-state index contributed by atoms with van der Waals surface area (Å²) in [4.78, 5) is 14.9. The average Bonchev–Trinajstić information content (AvgIpc) is 2.55. The second kappa shape index (κ2) is 6.64. The van der Waals surface area contributed by atoms with Crippen LogP contribution in [0.15, 0.2) is 24.3 Å². The van der Waals surface area contributed by atoms with Gasteiger partial charge in [0.05, 0.1) is 13.2 Å². The van der Waals surface area contributed by atoms with Gasteiger partial charge in [-0.1, -0.05) is 0 Å². The molecule has 1 N–H and O–H groups in total. The van der Waals surface area contributed by atoms with Crippen molar-refractivity contribution in [1.29, 1.82) is 0 Å². The number of hydrogen-bond donors (Lipinski definition) is 1. The highest BCUT2D eigenvalue weighted by Gasteiger charge is 2.52. The quantitative estimate of drug-likeness (QED) is 0.852. The monoisotopic (exact) mass is 342 g/mol. The molecule has 0 saturated heterocycles. The van der Waals surface area contributed by atoms with E-state index in [1.54, 1.807) is 0 Å². The molecule has 0 atom stereocenters. The number of ether oxygens (including phenoxy) is 1. The number of anilines is 1. The van der Waals surface area contributed by atoms with Crippen LogP contribution in [-0.4, -0.2) is 36.5 Å². The van der Waals surface area contributed by atoms with E-state index in [1.165, 1.54) is 38.5 Å². The Bertz CT molecular complexity index is 590. The van der Waals surface area contributed by atoms with Gasteiger partial charge in [-0.25, -0.2) is 0 Å². The molecule has 0 radical (unpaired) electrons. The Labute approximate surface area is 150 Å². The van der Waals surface area contributed by atoms with E-state index in [9.17, 15) is 4.79 Å². The molecule has 0 spiro atoms. The van der Waals surface area contributed by atoms with E-state index in [1.807, 2.05) is 31.2 Å². The minimum atomic E-state index is 0.0856. The zero-order valence-electron chi connectivity index (χ0n) is 15.5. The third-order valence-electron chi connectivity index (χ3n) is 6.65. The number of carbonyl (C=O) groups is 1. The standard InChI is InChI=1S/C21H30N2O2/c1-3-25-19-6-4-18(5-7-19)22-20(24)14-23(2)21-11-15-8-16(12-21)10-17(9-15)13-21/h4-7,15-17H,3,8-14H2,1-2H3,(H,22,24). The summed E-state index contributed by atoms with van der Waals surface area (Å²) in [6.45, 7) is 3.11. The molecule has 4 aliphatic carbocycles. The van der Waals surface area contributed by atoms with Crippen LogP contribution in [0.4, 0.5) is 5.69 Å². The van der Waals surface area contributed by atoms with Gasteiger partial charge in [0, 0.05) is 11.2 Å². The topological polar surface area (TPSA) is 41.6 Å². The lowest BCUT2D eigenvalue weighted by molar-refractivity contribution is -0.123. The normalized spacial score (nSPS) is 32.8. The van der Waals surface area contributed by atoms with E-state index in [0.717, 1.165) is 29.2 Å². The predicted octanol–water partition coefficient (Wildman–Crippen LogP) is 3.92. The van der Waals surface area contributed by atoms with Crippen molar-refractivity contribution < 1.29 is 9.53 Å². The highest BCUT2D eigenvalue weighted by Crippen LogP contribution is 2.57. The van der Waals surface area contributed by atoms with Crippen LogP contribution in [0.25, 0.3) is 0 Å². The summed E-state index contributed by atoms with van der Waals surface area (Å²) in [5, 5.41) is 3.04. The van der Waals surface area contributed by atoms with Crippen LogP contribution in [0.2, 0.25) is 0 Å². The summed E-state index contributed by atoms with van der Waals surface area (Å²) in [5.74, 6) is 3.64. The minimum absolute atomic E-state index is 0.0856. The van der Waals surface area contributed by atoms with E-state index in [2.05, 4.69) is 17.3 Å². The molecule has 0 heterocycles. The highest BCUT2D eigenvalue weighted by atomic mass is 16.5. The molecule has 1 amide bonds. The largest absolute Gasteiger partial charge is 0.494 e. The van der Waals surface area contributed by atoms with Gasteiger partial charge in [0.15, 0.2) is 0 Å². The van der Waals surface area contributed by atoms with E-state index < -0.39 is 0 Å². The molecule has 4 aliphatic rings. The van der Waals surface area contributed by atoms with Crippen molar-refractivity contribution in [2.45, 2.75) is 51.0 Å². The van der Waals surface area contributed by atoms with E-state index in [0.29, 0.717) is 13.2 Å². The van der Waals surface area contributed by atoms with Gasteiger partial charge in [-0.2, -0.15) is 0 Å². The van der Waals surface area contributed by atoms with Gasteiger partial charge in [-0.15, -0.1) is 0 Å². The van der Waals surface area contributed by atoms with Crippen molar-refractivity contribution in [2.75, 3.05) is 25.5 Å². The van der Waals surface area contributed by atoms with E-state index in [4.69, 9.17) is 4.74 Å². The molecule has 5 rings (SSSR count). The number of benzene rings is 1. The van der Waals surface area contributed by atoms with Crippen LogP contribution >= 0.6 is 0 Å². The van der Waals surface area contributed by atoms with Crippen molar-refractivity contribution in [3.63, 3.8) is 0 Å². The van der Waals surface area contributed by atoms with Crippen LogP contribution in [0.5, 0.6) is 5.75 Å². The van der Waals surface area contributed by atoms with Crippen molar-refractivity contribution in [3.05, 3.63) is 24.3 Å². The van der Waals surface area contributed by atoms with Crippen molar-refractivity contribution >= 4 is 11.6 Å². The zero-order valence-corrected chi connectivity index (χ0v) is 15.5. The zero-order chi connectivity index (χ0) is 17.4. The Balaban J connectivity index is 1.36. The molecule has 25 heavy (non-hydrogen) atoms. The van der Waals surface area contributed by atoms with Gasteiger partial charge in [-0.05, 0) is 94.5 Å². The Kier molecular flexibility index (Phi) is 4.48. The lowest BCUT2D eigenvalue weighted by Crippen LogP contribution is -2.59. The van der Waals surface area contributed by atoms with Crippen molar-refractivity contribution in [1.82, 2.24) is 4.90 Å². The molecule has 4 fully saturated rings. The molecule has 0 unspecified atom stereocenters. The summed E-state index contributed by atoms with van der Waals surface area (Å²) in [6.07, 6.45) is 8.20. The molecule has 1 aromatic carbocycles. The fourth-order valence-corrected chi connectivity index (χ4v) is 5.92. The maximum absolute atomic E-state index is 12.5. The average molecular weight is 342 g/mol. The number of carbonyl (C=O) groups excluding carboxylic acids is 1. The summed E-state index contributed by atoms with van der Waals surface area (Å²) in [7, 11) is 2.16. The van der Waals surface area contributed by atoms with E-state index >= 15 is 0 Å². The first-order chi connectivity index (χ1) is 12.1. The molecule has 136 valence electrons. The molecule has 4 saturated carbocycles. The minimum Gasteiger partial charge on any atom is -0.494 e. The van der Waals surface area contributed by atoms with Crippen molar-refractivity contribution in [2.24, 2.45) is 17.8 Å². The molecular formula is C21H30N2O2. The Morgan fingerprint density at radius 3 is 2.20 bits per heavy atom. The lowest BCUT2D eigenvalue weighted by Gasteiger charge is -2.59. The van der Waals surface area contributed by atoms with Crippen LogP contribution < -0.4 is 10.1 Å². The highest BCUT2D eigenvalue weighted by molar-refractivity contribution is 5.92. The number of hydrogen-bond acceptors (Lipinski definition) is 3. The fourth-order valence-electron chi connectivity index (χ4n) is 5.92. The first kappa shape index (κ1) is 16.9. The molecule has 1 aromatic rings. The first-order valence-corrected chi connectivity index (χ1v) is 9.80. The Morgan fingerprint density at radius 2 is 1.68 bits per heavy atom. The molecule has 0 aromatic heterocycles. The molecule has 4 nitrogen and oxygen atoms in total. The summed E-state index contributed by atoms with van der Waals surface area (Å²) in [6, 6.07) is 7.63. The number of likely N-dealkylation sites (N-methyl/N-ethyl adjacent to an activating group) is 1. The van der Waals surface area contributed by atoms with Crippen LogP contribution in [0.3, 0.4) is 0 Å². The molecule has 4 bridgehead atoms.